The van der Waals surface area contributed by atoms with Crippen molar-refractivity contribution >= 4 is 11.8 Å². The van der Waals surface area contributed by atoms with Gasteiger partial charge in [-0.1, -0.05) is 19.9 Å². The third-order valence-corrected chi connectivity index (χ3v) is 4.55. The molecule has 1 atom stereocenters. The van der Waals surface area contributed by atoms with Crippen molar-refractivity contribution in [3.63, 3.8) is 0 Å². The number of anilines is 1. The fourth-order valence-electron chi connectivity index (χ4n) is 3.11. The maximum atomic E-state index is 11.9. The van der Waals surface area contributed by atoms with Crippen LogP contribution in [0.25, 0.3) is 0 Å². The second kappa shape index (κ2) is 5.71. The first kappa shape index (κ1) is 17.6. The SMILES string of the molecule is COc1cc(NC(=O)OC(C)(C)C)ccc1C1(CO)CC1(C)C. The molecule has 5 nitrogen and oxygen atoms in total. The van der Waals surface area contributed by atoms with Gasteiger partial charge in [-0.3, -0.25) is 5.32 Å². The first-order valence-corrected chi connectivity index (χ1v) is 7.84. The normalized spacial score (nSPS) is 22.4. The van der Waals surface area contributed by atoms with Crippen molar-refractivity contribution in [2.45, 2.75) is 52.1 Å². The number of carbonyl (C=O) groups is 1. The fraction of sp³-hybridized carbons (Fsp3) is 0.611. The number of amides is 1. The lowest BCUT2D eigenvalue weighted by Crippen LogP contribution is -2.27. The molecule has 128 valence electrons. The van der Waals surface area contributed by atoms with E-state index in [0.29, 0.717) is 11.4 Å². The summed E-state index contributed by atoms with van der Waals surface area (Å²) >= 11 is 0. The van der Waals surface area contributed by atoms with Crippen LogP contribution >= 0.6 is 0 Å². The van der Waals surface area contributed by atoms with E-state index in [1.807, 2.05) is 32.9 Å². The molecule has 0 radical (unpaired) electrons. The molecule has 1 aliphatic rings. The minimum Gasteiger partial charge on any atom is -0.496 e. The van der Waals surface area contributed by atoms with E-state index >= 15 is 0 Å². The molecule has 2 rings (SSSR count). The van der Waals surface area contributed by atoms with Crippen LogP contribution in [0.4, 0.5) is 10.5 Å². The minimum absolute atomic E-state index is 0.0368. The summed E-state index contributed by atoms with van der Waals surface area (Å²) in [6.45, 7) is 9.80. The number of methoxy groups -OCH3 is 1. The van der Waals surface area contributed by atoms with Crippen LogP contribution in [0.2, 0.25) is 0 Å². The number of nitrogens with one attached hydrogen (secondary N) is 1. The van der Waals surface area contributed by atoms with Crippen molar-refractivity contribution < 1.29 is 19.4 Å². The molecule has 1 unspecified atom stereocenters. The van der Waals surface area contributed by atoms with Gasteiger partial charge in [0.15, 0.2) is 0 Å². The summed E-state index contributed by atoms with van der Waals surface area (Å²) in [5.41, 5.74) is 0.791. The topological polar surface area (TPSA) is 67.8 Å². The van der Waals surface area contributed by atoms with Gasteiger partial charge in [-0.05, 0) is 38.7 Å². The van der Waals surface area contributed by atoms with Gasteiger partial charge in [0.2, 0.25) is 0 Å². The van der Waals surface area contributed by atoms with Crippen molar-refractivity contribution in [2.24, 2.45) is 5.41 Å². The van der Waals surface area contributed by atoms with Gasteiger partial charge in [0.05, 0.1) is 13.7 Å². The van der Waals surface area contributed by atoms with Crippen LogP contribution in [0.5, 0.6) is 5.75 Å². The Hall–Kier alpha value is -1.75. The van der Waals surface area contributed by atoms with Crippen molar-refractivity contribution in [1.82, 2.24) is 0 Å². The lowest BCUT2D eigenvalue weighted by molar-refractivity contribution is 0.0636. The number of aliphatic hydroxyl groups is 1. The van der Waals surface area contributed by atoms with Crippen LogP contribution in [0.15, 0.2) is 18.2 Å². The van der Waals surface area contributed by atoms with Crippen molar-refractivity contribution in [2.75, 3.05) is 19.0 Å². The zero-order chi connectivity index (χ0) is 17.5. The highest BCUT2D eigenvalue weighted by molar-refractivity contribution is 5.85. The van der Waals surface area contributed by atoms with Crippen LogP contribution < -0.4 is 10.1 Å². The molecule has 1 saturated carbocycles. The molecule has 5 heteroatoms. The molecule has 1 amide bonds. The Labute approximate surface area is 138 Å². The van der Waals surface area contributed by atoms with Gasteiger partial charge in [-0.25, -0.2) is 4.79 Å². The van der Waals surface area contributed by atoms with E-state index in [-0.39, 0.29) is 17.4 Å². The number of carbonyl (C=O) groups excluding carboxylic acids is 1. The van der Waals surface area contributed by atoms with Crippen LogP contribution in [-0.2, 0) is 10.2 Å². The molecule has 1 aliphatic carbocycles. The Bertz CT molecular complexity index is 604. The first-order valence-electron chi connectivity index (χ1n) is 7.84. The van der Waals surface area contributed by atoms with Crippen molar-refractivity contribution in [3.8, 4) is 5.75 Å². The number of hydrogen-bond acceptors (Lipinski definition) is 4. The zero-order valence-electron chi connectivity index (χ0n) is 14.8. The standard InChI is InChI=1S/C18H27NO4/c1-16(2,3)23-15(21)19-12-7-8-13(14(9-12)22-6)18(11-20)10-17(18,4)5/h7-9,20H,10-11H2,1-6H3,(H,19,21). The van der Waals surface area contributed by atoms with Gasteiger partial charge in [0, 0.05) is 22.7 Å². The maximum Gasteiger partial charge on any atom is 0.412 e. The van der Waals surface area contributed by atoms with E-state index in [4.69, 9.17) is 9.47 Å². The molecule has 0 bridgehead atoms. The van der Waals surface area contributed by atoms with Gasteiger partial charge in [-0.15, -0.1) is 0 Å². The number of benzene rings is 1. The Morgan fingerprint density at radius 2 is 1.96 bits per heavy atom. The summed E-state index contributed by atoms with van der Waals surface area (Å²) in [5, 5.41) is 12.6. The molecule has 0 aromatic heterocycles. The van der Waals surface area contributed by atoms with Gasteiger partial charge >= 0.3 is 6.09 Å². The second-order valence-electron chi connectivity index (χ2n) is 7.84. The molecule has 0 aliphatic heterocycles. The Morgan fingerprint density at radius 1 is 1.35 bits per heavy atom. The lowest BCUT2D eigenvalue weighted by atomic mass is 9.88. The maximum absolute atomic E-state index is 11.9. The molecular formula is C18H27NO4. The van der Waals surface area contributed by atoms with Crippen LogP contribution in [0.3, 0.4) is 0 Å². The molecule has 1 fully saturated rings. The molecule has 2 N–H and O–H groups in total. The highest BCUT2D eigenvalue weighted by Gasteiger charge is 2.62. The van der Waals surface area contributed by atoms with Gasteiger partial charge < -0.3 is 14.6 Å². The van der Waals surface area contributed by atoms with Crippen LogP contribution in [-0.4, -0.2) is 30.5 Å². The number of rotatable bonds is 4. The van der Waals surface area contributed by atoms with E-state index in [1.165, 1.54) is 0 Å². The fourth-order valence-corrected chi connectivity index (χ4v) is 3.11. The van der Waals surface area contributed by atoms with E-state index in [0.717, 1.165) is 12.0 Å². The highest BCUT2D eigenvalue weighted by atomic mass is 16.6. The Balaban J connectivity index is 2.23. The second-order valence-corrected chi connectivity index (χ2v) is 7.84. The third kappa shape index (κ3) is 3.44. The summed E-state index contributed by atoms with van der Waals surface area (Å²) in [4.78, 5) is 11.9. The highest BCUT2D eigenvalue weighted by Crippen LogP contribution is 2.65. The van der Waals surface area contributed by atoms with Gasteiger partial charge in [0.1, 0.15) is 11.4 Å². The van der Waals surface area contributed by atoms with Gasteiger partial charge in [-0.2, -0.15) is 0 Å². The summed E-state index contributed by atoms with van der Waals surface area (Å²) < 4.78 is 10.7. The zero-order valence-corrected chi connectivity index (χ0v) is 14.8. The average Bonchev–Trinajstić information content (AvgIpc) is 2.99. The monoisotopic (exact) mass is 321 g/mol. The Morgan fingerprint density at radius 3 is 2.39 bits per heavy atom. The van der Waals surface area contributed by atoms with Crippen LogP contribution in [0.1, 0.15) is 46.6 Å². The predicted molar refractivity (Wildman–Crippen MR) is 90.0 cm³/mol. The number of ether oxygens (including phenoxy) is 2. The van der Waals surface area contributed by atoms with Crippen molar-refractivity contribution in [3.05, 3.63) is 23.8 Å². The third-order valence-electron chi connectivity index (χ3n) is 4.55. The quantitative estimate of drug-likeness (QED) is 0.887. The summed E-state index contributed by atoms with van der Waals surface area (Å²) in [6.07, 6.45) is 0.405. The van der Waals surface area contributed by atoms with E-state index in [2.05, 4.69) is 19.2 Å². The van der Waals surface area contributed by atoms with E-state index < -0.39 is 11.7 Å². The van der Waals surface area contributed by atoms with Crippen LogP contribution in [0, 0.1) is 5.41 Å². The summed E-state index contributed by atoms with van der Waals surface area (Å²) in [6, 6.07) is 5.50. The summed E-state index contributed by atoms with van der Waals surface area (Å²) in [7, 11) is 1.59. The van der Waals surface area contributed by atoms with Gasteiger partial charge in [0.25, 0.3) is 0 Å². The largest absolute Gasteiger partial charge is 0.496 e. The molecule has 1 aromatic rings. The molecule has 0 heterocycles. The molecule has 0 spiro atoms. The minimum atomic E-state index is -0.549. The Kier molecular flexibility index (Phi) is 4.37. The summed E-state index contributed by atoms with van der Waals surface area (Å²) in [5.74, 6) is 0.665. The smallest absolute Gasteiger partial charge is 0.412 e. The first-order chi connectivity index (χ1) is 10.5. The molecule has 0 saturated heterocycles. The predicted octanol–water partition coefficient (Wildman–Crippen LogP) is 3.70. The molecule has 23 heavy (non-hydrogen) atoms. The van der Waals surface area contributed by atoms with E-state index in [1.54, 1.807) is 13.2 Å². The molecular weight excluding hydrogens is 294 g/mol. The lowest BCUT2D eigenvalue weighted by Gasteiger charge is -2.23. The molecule has 1 aromatic carbocycles. The van der Waals surface area contributed by atoms with Crippen molar-refractivity contribution in [1.29, 1.82) is 0 Å². The average molecular weight is 321 g/mol. The van der Waals surface area contributed by atoms with E-state index in [9.17, 15) is 9.90 Å². The number of aliphatic hydroxyl groups excluding tert-OH is 1. The number of hydrogen-bond donors (Lipinski definition) is 2.